The Labute approximate surface area is 138 Å². The van der Waals surface area contributed by atoms with Gasteiger partial charge < -0.3 is 14.8 Å². The van der Waals surface area contributed by atoms with Gasteiger partial charge in [0.2, 0.25) is 5.91 Å². The Hall–Kier alpha value is -1.97. The van der Waals surface area contributed by atoms with Gasteiger partial charge in [0.1, 0.15) is 0 Å². The van der Waals surface area contributed by atoms with E-state index < -0.39 is 0 Å². The predicted octanol–water partition coefficient (Wildman–Crippen LogP) is 3.95. The van der Waals surface area contributed by atoms with Crippen LogP contribution in [0.5, 0.6) is 11.5 Å². The highest BCUT2D eigenvalue weighted by Gasteiger charge is 2.12. The van der Waals surface area contributed by atoms with E-state index in [1.807, 2.05) is 18.2 Å². The summed E-state index contributed by atoms with van der Waals surface area (Å²) in [6, 6.07) is 5.92. The monoisotopic (exact) mass is 317 g/mol. The van der Waals surface area contributed by atoms with Crippen LogP contribution in [-0.4, -0.2) is 26.2 Å². The van der Waals surface area contributed by atoms with Crippen LogP contribution in [0, 0.1) is 0 Å². The fraction of sp³-hybridized carbons (Fsp3) is 0.526. The lowest BCUT2D eigenvalue weighted by atomic mass is 9.97. The molecule has 0 aliphatic heterocycles. The first-order valence-electron chi connectivity index (χ1n) is 8.43. The van der Waals surface area contributed by atoms with Crippen molar-refractivity contribution in [3.63, 3.8) is 0 Å². The molecule has 126 valence electrons. The van der Waals surface area contributed by atoms with Crippen molar-refractivity contribution in [1.29, 1.82) is 0 Å². The highest BCUT2D eigenvalue weighted by atomic mass is 16.5. The molecule has 1 aliphatic carbocycles. The first-order chi connectivity index (χ1) is 11.2. The van der Waals surface area contributed by atoms with Crippen LogP contribution in [0.4, 0.5) is 0 Å². The Morgan fingerprint density at radius 1 is 1.04 bits per heavy atom. The van der Waals surface area contributed by atoms with Crippen LogP contribution in [0.1, 0.15) is 50.5 Å². The molecule has 0 radical (unpaired) electrons. The minimum absolute atomic E-state index is 0.0228. The first kappa shape index (κ1) is 17.4. The molecule has 4 nitrogen and oxygen atoms in total. The van der Waals surface area contributed by atoms with E-state index in [1.54, 1.807) is 26.4 Å². The van der Waals surface area contributed by atoms with Gasteiger partial charge >= 0.3 is 0 Å². The molecule has 0 bridgehead atoms. The number of amides is 1. The lowest BCUT2D eigenvalue weighted by molar-refractivity contribution is -0.117. The molecule has 1 aromatic carbocycles. The SMILES string of the molecule is COc1ccc(/C=C\C(=O)NC2CCCCCCC2)cc1OC. The zero-order valence-electron chi connectivity index (χ0n) is 14.1. The van der Waals surface area contributed by atoms with Crippen molar-refractivity contribution in [3.8, 4) is 11.5 Å². The Kier molecular flexibility index (Phi) is 6.98. The van der Waals surface area contributed by atoms with Crippen LogP contribution >= 0.6 is 0 Å². The van der Waals surface area contributed by atoms with Gasteiger partial charge in [-0.1, -0.05) is 38.2 Å². The normalized spacial score (nSPS) is 16.6. The third kappa shape index (κ3) is 5.62. The van der Waals surface area contributed by atoms with Crippen LogP contribution in [0.15, 0.2) is 24.3 Å². The maximum Gasteiger partial charge on any atom is 0.244 e. The maximum absolute atomic E-state index is 12.1. The number of ether oxygens (including phenoxy) is 2. The van der Waals surface area contributed by atoms with Crippen molar-refractivity contribution < 1.29 is 14.3 Å². The molecule has 2 rings (SSSR count). The van der Waals surface area contributed by atoms with Crippen LogP contribution < -0.4 is 14.8 Å². The van der Waals surface area contributed by atoms with Gasteiger partial charge in [0, 0.05) is 12.1 Å². The van der Waals surface area contributed by atoms with Crippen molar-refractivity contribution in [1.82, 2.24) is 5.32 Å². The highest BCUT2D eigenvalue weighted by Crippen LogP contribution is 2.27. The van der Waals surface area contributed by atoms with Crippen LogP contribution in [0.3, 0.4) is 0 Å². The molecule has 1 saturated carbocycles. The summed E-state index contributed by atoms with van der Waals surface area (Å²) >= 11 is 0. The third-order valence-electron chi connectivity index (χ3n) is 4.29. The molecule has 0 spiro atoms. The van der Waals surface area contributed by atoms with E-state index in [2.05, 4.69) is 5.32 Å². The highest BCUT2D eigenvalue weighted by molar-refractivity contribution is 5.92. The van der Waals surface area contributed by atoms with Crippen molar-refractivity contribution in [3.05, 3.63) is 29.8 Å². The van der Waals surface area contributed by atoms with E-state index in [4.69, 9.17) is 9.47 Å². The van der Waals surface area contributed by atoms with E-state index in [0.29, 0.717) is 17.5 Å². The number of hydrogen-bond donors (Lipinski definition) is 1. The summed E-state index contributed by atoms with van der Waals surface area (Å²) in [6.07, 6.45) is 11.9. The summed E-state index contributed by atoms with van der Waals surface area (Å²) < 4.78 is 10.5. The number of hydrogen-bond acceptors (Lipinski definition) is 3. The second-order valence-corrected chi connectivity index (χ2v) is 6.00. The van der Waals surface area contributed by atoms with Gasteiger partial charge in [-0.25, -0.2) is 0 Å². The van der Waals surface area contributed by atoms with E-state index in [1.165, 1.54) is 32.1 Å². The lowest BCUT2D eigenvalue weighted by Gasteiger charge is -2.20. The summed E-state index contributed by atoms with van der Waals surface area (Å²) in [4.78, 5) is 12.1. The van der Waals surface area contributed by atoms with Crippen LogP contribution in [-0.2, 0) is 4.79 Å². The molecular weight excluding hydrogens is 290 g/mol. The molecule has 1 fully saturated rings. The van der Waals surface area contributed by atoms with Crippen molar-refractivity contribution in [2.24, 2.45) is 0 Å². The molecule has 1 N–H and O–H groups in total. The molecular formula is C19H27NO3. The topological polar surface area (TPSA) is 47.6 Å². The summed E-state index contributed by atoms with van der Waals surface area (Å²) in [7, 11) is 3.21. The fourth-order valence-corrected chi connectivity index (χ4v) is 2.98. The van der Waals surface area contributed by atoms with Gasteiger partial charge in [-0.15, -0.1) is 0 Å². The Morgan fingerprint density at radius 2 is 1.70 bits per heavy atom. The second kappa shape index (κ2) is 9.23. The summed E-state index contributed by atoms with van der Waals surface area (Å²) in [5.41, 5.74) is 0.912. The Balaban J connectivity index is 1.92. The third-order valence-corrected chi connectivity index (χ3v) is 4.29. The zero-order valence-corrected chi connectivity index (χ0v) is 14.1. The van der Waals surface area contributed by atoms with E-state index >= 15 is 0 Å². The average molecular weight is 317 g/mol. The molecule has 0 atom stereocenters. The predicted molar refractivity (Wildman–Crippen MR) is 92.8 cm³/mol. The largest absolute Gasteiger partial charge is 0.493 e. The van der Waals surface area contributed by atoms with Gasteiger partial charge in [-0.2, -0.15) is 0 Å². The number of rotatable bonds is 5. The molecule has 4 heteroatoms. The fourth-order valence-electron chi connectivity index (χ4n) is 2.98. The molecule has 1 aliphatic rings. The maximum atomic E-state index is 12.1. The summed E-state index contributed by atoms with van der Waals surface area (Å²) in [5, 5.41) is 3.13. The Bertz CT molecular complexity index is 531. The average Bonchev–Trinajstić information content (AvgIpc) is 2.55. The molecule has 0 heterocycles. The van der Waals surface area contributed by atoms with Crippen LogP contribution in [0.2, 0.25) is 0 Å². The van der Waals surface area contributed by atoms with Crippen molar-refractivity contribution in [2.45, 2.75) is 51.0 Å². The van der Waals surface area contributed by atoms with Crippen molar-refractivity contribution >= 4 is 12.0 Å². The minimum atomic E-state index is -0.0228. The Morgan fingerprint density at radius 3 is 2.35 bits per heavy atom. The quantitative estimate of drug-likeness (QED) is 0.837. The standard InChI is InChI=1S/C19H27NO3/c1-22-17-12-10-15(14-18(17)23-2)11-13-19(21)20-16-8-6-4-3-5-7-9-16/h10-14,16H,3-9H2,1-2H3,(H,20,21)/b13-11-. The first-order valence-corrected chi connectivity index (χ1v) is 8.43. The van der Waals surface area contributed by atoms with E-state index in [-0.39, 0.29) is 5.91 Å². The lowest BCUT2D eigenvalue weighted by Crippen LogP contribution is -2.34. The molecule has 1 amide bonds. The number of carbonyl (C=O) groups is 1. The smallest absolute Gasteiger partial charge is 0.244 e. The van der Waals surface area contributed by atoms with Gasteiger partial charge in [0.15, 0.2) is 11.5 Å². The molecule has 1 aromatic rings. The van der Waals surface area contributed by atoms with Gasteiger partial charge in [-0.05, 0) is 36.6 Å². The van der Waals surface area contributed by atoms with E-state index in [0.717, 1.165) is 18.4 Å². The van der Waals surface area contributed by atoms with Crippen molar-refractivity contribution in [2.75, 3.05) is 14.2 Å². The summed E-state index contributed by atoms with van der Waals surface area (Å²) in [5.74, 6) is 1.32. The number of nitrogens with one attached hydrogen (secondary N) is 1. The molecule has 0 saturated heterocycles. The molecule has 23 heavy (non-hydrogen) atoms. The van der Waals surface area contributed by atoms with Gasteiger partial charge in [-0.3, -0.25) is 4.79 Å². The number of methoxy groups -OCH3 is 2. The second-order valence-electron chi connectivity index (χ2n) is 6.00. The van der Waals surface area contributed by atoms with Gasteiger partial charge in [0.05, 0.1) is 14.2 Å². The molecule has 0 aromatic heterocycles. The molecule has 0 unspecified atom stereocenters. The number of benzene rings is 1. The summed E-state index contributed by atoms with van der Waals surface area (Å²) in [6.45, 7) is 0. The van der Waals surface area contributed by atoms with E-state index in [9.17, 15) is 4.79 Å². The minimum Gasteiger partial charge on any atom is -0.493 e. The zero-order chi connectivity index (χ0) is 16.5. The van der Waals surface area contributed by atoms with Gasteiger partial charge in [0.25, 0.3) is 0 Å². The number of carbonyl (C=O) groups excluding carboxylic acids is 1. The van der Waals surface area contributed by atoms with Crippen LogP contribution in [0.25, 0.3) is 6.08 Å².